The maximum Gasteiger partial charge on any atom is 0.228 e. The Hall–Kier alpha value is -1.61. The van der Waals surface area contributed by atoms with Crippen LogP contribution < -0.4 is 5.32 Å². The molecule has 0 aliphatic carbocycles. The Balaban J connectivity index is 2.10. The Morgan fingerprint density at radius 2 is 1.84 bits per heavy atom. The number of halogens is 1. The van der Waals surface area contributed by atoms with E-state index in [4.69, 9.17) is 0 Å². The van der Waals surface area contributed by atoms with Crippen LogP contribution in [0.4, 0.5) is 5.69 Å². The van der Waals surface area contributed by atoms with Crippen LogP contribution in [0.1, 0.15) is 16.7 Å². The van der Waals surface area contributed by atoms with E-state index < -0.39 is 0 Å². The molecule has 2 nitrogen and oxygen atoms in total. The minimum absolute atomic E-state index is 0.000556. The first-order valence-electron chi connectivity index (χ1n) is 6.17. The fourth-order valence-electron chi connectivity index (χ4n) is 1.90. The minimum atomic E-state index is 0.000556. The highest BCUT2D eigenvalue weighted by molar-refractivity contribution is 9.10. The van der Waals surface area contributed by atoms with Crippen LogP contribution in [-0.2, 0) is 11.2 Å². The van der Waals surface area contributed by atoms with Crippen LogP contribution >= 0.6 is 15.9 Å². The molecule has 0 radical (unpaired) electrons. The number of carbonyl (C=O) groups excluding carboxylic acids is 1. The van der Waals surface area contributed by atoms with E-state index >= 15 is 0 Å². The normalized spacial score (nSPS) is 10.3. The van der Waals surface area contributed by atoms with Gasteiger partial charge in [0.15, 0.2) is 0 Å². The fraction of sp³-hybridized carbons (Fsp3) is 0.188. The Morgan fingerprint density at radius 3 is 2.58 bits per heavy atom. The number of hydrogen-bond acceptors (Lipinski definition) is 1. The third-order valence-corrected chi connectivity index (χ3v) is 3.96. The molecule has 0 fully saturated rings. The molecule has 0 heterocycles. The molecule has 0 unspecified atom stereocenters. The number of hydrogen-bond donors (Lipinski definition) is 1. The highest BCUT2D eigenvalue weighted by Gasteiger charge is 2.08. The first kappa shape index (κ1) is 13.8. The van der Waals surface area contributed by atoms with Crippen LogP contribution in [0.2, 0.25) is 0 Å². The molecule has 98 valence electrons. The summed E-state index contributed by atoms with van der Waals surface area (Å²) in [4.78, 5) is 12.1. The van der Waals surface area contributed by atoms with Gasteiger partial charge < -0.3 is 5.32 Å². The summed E-state index contributed by atoms with van der Waals surface area (Å²) < 4.78 is 0.964. The number of nitrogens with one attached hydrogen (secondary N) is 1. The Bertz CT molecular complexity index is 607. The maximum atomic E-state index is 12.1. The van der Waals surface area contributed by atoms with Crippen LogP contribution in [-0.4, -0.2) is 5.91 Å². The number of benzene rings is 2. The summed E-state index contributed by atoms with van der Waals surface area (Å²) >= 11 is 3.46. The van der Waals surface area contributed by atoms with Crippen LogP contribution in [0.15, 0.2) is 46.9 Å². The summed E-state index contributed by atoms with van der Waals surface area (Å²) in [6, 6.07) is 13.7. The number of carbonyl (C=O) groups is 1. The summed E-state index contributed by atoms with van der Waals surface area (Å²) in [5, 5.41) is 2.97. The van der Waals surface area contributed by atoms with E-state index in [-0.39, 0.29) is 5.91 Å². The SMILES string of the molecule is Cc1cccc(NC(=O)Cc2ccccc2Br)c1C. The lowest BCUT2D eigenvalue weighted by Crippen LogP contribution is -2.15. The summed E-state index contributed by atoms with van der Waals surface area (Å²) in [6.07, 6.45) is 0.370. The maximum absolute atomic E-state index is 12.1. The molecule has 0 aliphatic rings. The minimum Gasteiger partial charge on any atom is -0.326 e. The van der Waals surface area contributed by atoms with Crippen molar-refractivity contribution in [2.45, 2.75) is 20.3 Å². The lowest BCUT2D eigenvalue weighted by Gasteiger charge is -2.10. The molecular formula is C16H16BrNO. The lowest BCUT2D eigenvalue weighted by atomic mass is 10.1. The Labute approximate surface area is 122 Å². The van der Waals surface area contributed by atoms with E-state index in [2.05, 4.69) is 21.2 Å². The molecule has 19 heavy (non-hydrogen) atoms. The standard InChI is InChI=1S/C16H16BrNO/c1-11-6-5-9-15(12(11)2)18-16(19)10-13-7-3-4-8-14(13)17/h3-9H,10H2,1-2H3,(H,18,19). The molecule has 0 atom stereocenters. The molecule has 0 saturated carbocycles. The van der Waals surface area contributed by atoms with Gasteiger partial charge in [-0.15, -0.1) is 0 Å². The number of aryl methyl sites for hydroxylation is 1. The Morgan fingerprint density at radius 1 is 1.11 bits per heavy atom. The summed E-state index contributed by atoms with van der Waals surface area (Å²) in [5.74, 6) is 0.000556. The van der Waals surface area contributed by atoms with Crippen LogP contribution in [0.3, 0.4) is 0 Å². The summed E-state index contributed by atoms with van der Waals surface area (Å²) in [5.41, 5.74) is 4.17. The van der Waals surface area contributed by atoms with E-state index in [1.165, 1.54) is 5.56 Å². The Kier molecular flexibility index (Phi) is 4.38. The van der Waals surface area contributed by atoms with E-state index in [9.17, 15) is 4.79 Å². The van der Waals surface area contributed by atoms with Gasteiger partial charge in [-0.3, -0.25) is 4.79 Å². The molecule has 2 rings (SSSR count). The van der Waals surface area contributed by atoms with Gasteiger partial charge in [0, 0.05) is 10.2 Å². The second kappa shape index (κ2) is 6.02. The van der Waals surface area contributed by atoms with Crippen molar-refractivity contribution in [3.63, 3.8) is 0 Å². The van der Waals surface area contributed by atoms with Gasteiger partial charge in [-0.05, 0) is 42.7 Å². The molecule has 1 N–H and O–H groups in total. The zero-order chi connectivity index (χ0) is 13.8. The van der Waals surface area contributed by atoms with Gasteiger partial charge in [0.1, 0.15) is 0 Å². The highest BCUT2D eigenvalue weighted by Crippen LogP contribution is 2.20. The van der Waals surface area contributed by atoms with Crippen molar-refractivity contribution in [1.82, 2.24) is 0 Å². The van der Waals surface area contributed by atoms with E-state index in [0.29, 0.717) is 6.42 Å². The highest BCUT2D eigenvalue weighted by atomic mass is 79.9. The fourth-order valence-corrected chi connectivity index (χ4v) is 2.32. The van der Waals surface area contributed by atoms with Crippen molar-refractivity contribution in [3.05, 3.63) is 63.6 Å². The van der Waals surface area contributed by atoms with E-state index in [0.717, 1.165) is 21.3 Å². The number of amides is 1. The van der Waals surface area contributed by atoms with Crippen molar-refractivity contribution in [3.8, 4) is 0 Å². The number of rotatable bonds is 3. The third-order valence-electron chi connectivity index (χ3n) is 3.19. The smallest absolute Gasteiger partial charge is 0.228 e. The van der Waals surface area contributed by atoms with Gasteiger partial charge in [0.25, 0.3) is 0 Å². The summed E-state index contributed by atoms with van der Waals surface area (Å²) in [7, 11) is 0. The first-order valence-corrected chi connectivity index (χ1v) is 6.96. The van der Waals surface area contributed by atoms with Crippen LogP contribution in [0.5, 0.6) is 0 Å². The molecule has 0 saturated heterocycles. The molecule has 0 aliphatic heterocycles. The molecule has 3 heteroatoms. The predicted molar refractivity (Wildman–Crippen MR) is 82.4 cm³/mol. The molecule has 1 amide bonds. The molecule has 0 spiro atoms. The van der Waals surface area contributed by atoms with E-state index in [1.54, 1.807) is 0 Å². The van der Waals surface area contributed by atoms with Gasteiger partial charge >= 0.3 is 0 Å². The summed E-state index contributed by atoms with van der Waals surface area (Å²) in [6.45, 7) is 4.06. The zero-order valence-electron chi connectivity index (χ0n) is 11.0. The molecule has 0 bridgehead atoms. The van der Waals surface area contributed by atoms with Crippen molar-refractivity contribution < 1.29 is 4.79 Å². The van der Waals surface area contributed by atoms with Gasteiger partial charge in [0.05, 0.1) is 6.42 Å². The van der Waals surface area contributed by atoms with Gasteiger partial charge in [-0.1, -0.05) is 46.3 Å². The average Bonchev–Trinajstić information content (AvgIpc) is 2.38. The molecule has 2 aromatic rings. The second-order valence-electron chi connectivity index (χ2n) is 4.56. The second-order valence-corrected chi connectivity index (χ2v) is 5.42. The topological polar surface area (TPSA) is 29.1 Å². The van der Waals surface area contributed by atoms with Crippen molar-refractivity contribution >= 4 is 27.5 Å². The average molecular weight is 318 g/mol. The first-order chi connectivity index (χ1) is 9.08. The zero-order valence-corrected chi connectivity index (χ0v) is 12.6. The largest absolute Gasteiger partial charge is 0.326 e. The van der Waals surface area contributed by atoms with Crippen LogP contribution in [0, 0.1) is 13.8 Å². The van der Waals surface area contributed by atoms with E-state index in [1.807, 2.05) is 56.3 Å². The van der Waals surface area contributed by atoms with Gasteiger partial charge in [0.2, 0.25) is 5.91 Å². The number of anilines is 1. The van der Waals surface area contributed by atoms with Crippen molar-refractivity contribution in [2.24, 2.45) is 0 Å². The van der Waals surface area contributed by atoms with Crippen molar-refractivity contribution in [2.75, 3.05) is 5.32 Å². The van der Waals surface area contributed by atoms with Gasteiger partial charge in [-0.25, -0.2) is 0 Å². The quantitative estimate of drug-likeness (QED) is 0.901. The monoisotopic (exact) mass is 317 g/mol. The molecule has 2 aromatic carbocycles. The van der Waals surface area contributed by atoms with Gasteiger partial charge in [-0.2, -0.15) is 0 Å². The molecule has 0 aromatic heterocycles. The lowest BCUT2D eigenvalue weighted by molar-refractivity contribution is -0.115. The van der Waals surface area contributed by atoms with Crippen molar-refractivity contribution in [1.29, 1.82) is 0 Å². The molecular weight excluding hydrogens is 302 g/mol. The third kappa shape index (κ3) is 3.44. The van der Waals surface area contributed by atoms with Crippen LogP contribution in [0.25, 0.3) is 0 Å². The predicted octanol–water partition coefficient (Wildman–Crippen LogP) is 4.25.